The predicted octanol–water partition coefficient (Wildman–Crippen LogP) is 0.829. The quantitative estimate of drug-likeness (QED) is 0.497. The van der Waals surface area contributed by atoms with E-state index in [1.807, 2.05) is 0 Å². The van der Waals surface area contributed by atoms with E-state index in [1.54, 1.807) is 18.2 Å². The molecule has 30 heavy (non-hydrogen) atoms. The van der Waals surface area contributed by atoms with Gasteiger partial charge >= 0.3 is 12.0 Å². The average Bonchev–Trinajstić information content (AvgIpc) is 3.44. The third kappa shape index (κ3) is 4.03. The van der Waals surface area contributed by atoms with Crippen LogP contribution in [0.15, 0.2) is 18.2 Å². The summed E-state index contributed by atoms with van der Waals surface area (Å²) in [6, 6.07) is 4.85. The van der Waals surface area contributed by atoms with Gasteiger partial charge in [-0.2, -0.15) is 0 Å². The van der Waals surface area contributed by atoms with Crippen molar-refractivity contribution in [2.24, 2.45) is 0 Å². The van der Waals surface area contributed by atoms with E-state index in [9.17, 15) is 19.2 Å². The number of nitrogens with zero attached hydrogens (tertiary/aromatic N) is 1. The lowest BCUT2D eigenvalue weighted by molar-refractivity contribution is -0.149. The number of urea groups is 1. The van der Waals surface area contributed by atoms with Gasteiger partial charge in [-0.05, 0) is 30.5 Å². The number of ether oxygens (including phenoxy) is 3. The zero-order valence-corrected chi connectivity index (χ0v) is 16.4. The summed E-state index contributed by atoms with van der Waals surface area (Å²) in [5.74, 6) is -0.113. The van der Waals surface area contributed by atoms with Crippen LogP contribution in [-0.4, -0.2) is 54.2 Å². The molecule has 2 N–H and O–H groups in total. The Kier molecular flexibility index (Phi) is 5.47. The highest BCUT2D eigenvalue weighted by atomic mass is 16.7. The van der Waals surface area contributed by atoms with Gasteiger partial charge in [0.1, 0.15) is 5.54 Å². The molecule has 0 bridgehead atoms. The number of hydrogen-bond acceptors (Lipinski definition) is 7. The lowest BCUT2D eigenvalue weighted by Crippen LogP contribution is -2.44. The van der Waals surface area contributed by atoms with Crippen molar-refractivity contribution >= 4 is 23.8 Å². The van der Waals surface area contributed by atoms with E-state index in [-0.39, 0.29) is 32.2 Å². The van der Waals surface area contributed by atoms with Gasteiger partial charge in [-0.1, -0.05) is 18.9 Å². The van der Waals surface area contributed by atoms with E-state index in [2.05, 4.69) is 10.6 Å². The molecule has 4 rings (SSSR count). The van der Waals surface area contributed by atoms with Crippen LogP contribution in [0.25, 0.3) is 0 Å². The van der Waals surface area contributed by atoms with E-state index in [0.29, 0.717) is 24.3 Å². The lowest BCUT2D eigenvalue weighted by atomic mass is 9.98. The minimum Gasteiger partial charge on any atom is -0.456 e. The summed E-state index contributed by atoms with van der Waals surface area (Å²) in [4.78, 5) is 49.5. The van der Waals surface area contributed by atoms with Crippen LogP contribution in [0.1, 0.15) is 37.7 Å². The first-order valence-corrected chi connectivity index (χ1v) is 9.92. The average molecular weight is 417 g/mol. The number of esters is 1. The van der Waals surface area contributed by atoms with E-state index in [1.165, 1.54) is 0 Å². The van der Waals surface area contributed by atoms with Crippen LogP contribution in [0.3, 0.4) is 0 Å². The molecule has 10 nitrogen and oxygen atoms in total. The van der Waals surface area contributed by atoms with Crippen LogP contribution < -0.4 is 20.1 Å². The molecule has 160 valence electrons. The van der Waals surface area contributed by atoms with Crippen molar-refractivity contribution in [1.82, 2.24) is 15.5 Å². The van der Waals surface area contributed by atoms with Crippen molar-refractivity contribution in [3.05, 3.63) is 23.8 Å². The molecule has 1 spiro atoms. The topological polar surface area (TPSA) is 123 Å². The SMILES string of the molecule is O=C(COC(=O)CCN1C(=O)NC2(CCCC2)C1=O)NCc1ccc2c(c1)OCO2. The maximum absolute atomic E-state index is 12.5. The Bertz CT molecular complexity index is 879. The molecule has 3 aliphatic rings. The summed E-state index contributed by atoms with van der Waals surface area (Å²) < 4.78 is 15.5. The van der Waals surface area contributed by atoms with Gasteiger partial charge in [-0.3, -0.25) is 19.3 Å². The fourth-order valence-corrected chi connectivity index (χ4v) is 3.92. The van der Waals surface area contributed by atoms with Crippen molar-refractivity contribution < 1.29 is 33.4 Å². The molecule has 2 heterocycles. The fourth-order valence-electron chi connectivity index (χ4n) is 3.92. The molecule has 2 fully saturated rings. The minimum atomic E-state index is -0.796. The van der Waals surface area contributed by atoms with Crippen LogP contribution in [0, 0.1) is 0 Å². The van der Waals surface area contributed by atoms with E-state index >= 15 is 0 Å². The van der Waals surface area contributed by atoms with E-state index in [4.69, 9.17) is 14.2 Å². The Labute approximate surface area is 172 Å². The minimum absolute atomic E-state index is 0.0654. The van der Waals surface area contributed by atoms with E-state index in [0.717, 1.165) is 23.3 Å². The normalized spacial score (nSPS) is 18.6. The molecule has 0 unspecified atom stereocenters. The second kappa shape index (κ2) is 8.21. The number of carbonyl (C=O) groups is 4. The molecule has 2 aliphatic heterocycles. The highest BCUT2D eigenvalue weighted by molar-refractivity contribution is 6.07. The van der Waals surface area contributed by atoms with Gasteiger partial charge in [0.05, 0.1) is 6.42 Å². The molecule has 1 aromatic rings. The van der Waals surface area contributed by atoms with Gasteiger partial charge in [-0.25, -0.2) is 4.79 Å². The second-order valence-electron chi connectivity index (χ2n) is 7.55. The molecule has 0 aromatic heterocycles. The fraction of sp³-hybridized carbons (Fsp3) is 0.500. The van der Waals surface area contributed by atoms with Gasteiger partial charge in [0.15, 0.2) is 18.1 Å². The van der Waals surface area contributed by atoms with E-state index < -0.39 is 30.1 Å². The molecular formula is C20H23N3O7. The first-order valence-electron chi connectivity index (χ1n) is 9.92. The largest absolute Gasteiger partial charge is 0.456 e. The Balaban J connectivity index is 1.17. The molecule has 1 saturated carbocycles. The molecule has 1 saturated heterocycles. The summed E-state index contributed by atoms with van der Waals surface area (Å²) >= 11 is 0. The molecule has 4 amide bonds. The van der Waals surface area contributed by atoms with Crippen LogP contribution in [-0.2, 0) is 25.7 Å². The van der Waals surface area contributed by atoms with Crippen LogP contribution in [0.4, 0.5) is 4.79 Å². The second-order valence-corrected chi connectivity index (χ2v) is 7.55. The smallest absolute Gasteiger partial charge is 0.325 e. The van der Waals surface area contributed by atoms with Crippen molar-refractivity contribution in [1.29, 1.82) is 0 Å². The van der Waals surface area contributed by atoms with Gasteiger partial charge in [0, 0.05) is 13.1 Å². The van der Waals surface area contributed by atoms with Gasteiger partial charge in [0.25, 0.3) is 11.8 Å². The third-order valence-corrected chi connectivity index (χ3v) is 5.53. The molecule has 0 atom stereocenters. The highest BCUT2D eigenvalue weighted by Gasteiger charge is 2.52. The van der Waals surface area contributed by atoms with Gasteiger partial charge in [0.2, 0.25) is 6.79 Å². The Morgan fingerprint density at radius 1 is 1.17 bits per heavy atom. The number of amides is 4. The molecule has 10 heteroatoms. The summed E-state index contributed by atoms with van der Waals surface area (Å²) in [6.45, 7) is -0.0815. The van der Waals surface area contributed by atoms with Crippen LogP contribution >= 0.6 is 0 Å². The summed E-state index contributed by atoms with van der Waals surface area (Å²) in [5.41, 5.74) is 0.0219. The highest BCUT2D eigenvalue weighted by Crippen LogP contribution is 2.35. The Hall–Kier alpha value is -3.30. The third-order valence-electron chi connectivity index (χ3n) is 5.53. The number of imide groups is 1. The summed E-state index contributed by atoms with van der Waals surface area (Å²) in [6.07, 6.45) is 2.88. The number of carbonyl (C=O) groups excluding carboxylic acids is 4. The number of rotatable bonds is 7. The summed E-state index contributed by atoms with van der Waals surface area (Å²) in [7, 11) is 0. The monoisotopic (exact) mass is 417 g/mol. The van der Waals surface area contributed by atoms with Gasteiger partial charge in [-0.15, -0.1) is 0 Å². The molecule has 1 aliphatic carbocycles. The maximum Gasteiger partial charge on any atom is 0.325 e. The lowest BCUT2D eigenvalue weighted by Gasteiger charge is -2.19. The van der Waals surface area contributed by atoms with Gasteiger partial charge < -0.3 is 24.8 Å². The van der Waals surface area contributed by atoms with Crippen molar-refractivity contribution in [3.63, 3.8) is 0 Å². The van der Waals surface area contributed by atoms with Crippen molar-refractivity contribution in [2.45, 2.75) is 44.2 Å². The zero-order chi connectivity index (χ0) is 21.1. The van der Waals surface area contributed by atoms with Crippen LogP contribution in [0.5, 0.6) is 11.5 Å². The van der Waals surface area contributed by atoms with Crippen LogP contribution in [0.2, 0.25) is 0 Å². The molecule has 1 aromatic carbocycles. The Morgan fingerprint density at radius 2 is 1.93 bits per heavy atom. The standard InChI is InChI=1S/C20H23N3O7/c24-16(21-10-13-3-4-14-15(9-13)30-12-29-14)11-28-17(25)5-8-23-18(26)20(22-19(23)27)6-1-2-7-20/h3-4,9H,1-2,5-8,10-12H2,(H,21,24)(H,22,27). The number of fused-ring (bicyclic) bond motifs is 1. The zero-order valence-electron chi connectivity index (χ0n) is 16.4. The first kappa shape index (κ1) is 20.0. The molecular weight excluding hydrogens is 394 g/mol. The number of benzene rings is 1. The predicted molar refractivity (Wildman–Crippen MR) is 101 cm³/mol. The summed E-state index contributed by atoms with van der Waals surface area (Å²) in [5, 5.41) is 5.40. The van der Waals surface area contributed by atoms with Crippen molar-refractivity contribution in [3.8, 4) is 11.5 Å². The maximum atomic E-state index is 12.5. The number of hydrogen-bond donors (Lipinski definition) is 2. The first-order chi connectivity index (χ1) is 14.5. The Morgan fingerprint density at radius 3 is 2.73 bits per heavy atom. The van der Waals surface area contributed by atoms with Crippen molar-refractivity contribution in [2.75, 3.05) is 19.9 Å². The number of nitrogens with one attached hydrogen (secondary N) is 2. The molecule has 0 radical (unpaired) electrons.